The molecule has 1 aliphatic heterocycles. The number of nitrogens with zero attached hydrogens (tertiary/aromatic N) is 1. The molecule has 1 saturated carbocycles. The van der Waals surface area contributed by atoms with Gasteiger partial charge in [-0.2, -0.15) is 0 Å². The lowest BCUT2D eigenvalue weighted by atomic mass is 10.1. The summed E-state index contributed by atoms with van der Waals surface area (Å²) in [7, 11) is 0. The van der Waals surface area contributed by atoms with Crippen molar-refractivity contribution in [3.05, 3.63) is 23.8 Å². The van der Waals surface area contributed by atoms with E-state index in [0.29, 0.717) is 50.0 Å². The highest BCUT2D eigenvalue weighted by atomic mass is 16.5. The first kappa shape index (κ1) is 19.5. The topological polar surface area (TPSA) is 65.1 Å². The van der Waals surface area contributed by atoms with Crippen LogP contribution in [0.1, 0.15) is 49.9 Å². The highest BCUT2D eigenvalue weighted by molar-refractivity contribution is 5.95. The SMILES string of the molecule is CCCCN(CC1CC1C(=O)OCC)C(=O)c1ccc2c(c1)OCCCO2. The van der Waals surface area contributed by atoms with Crippen molar-refractivity contribution in [3.63, 3.8) is 0 Å². The average molecular weight is 375 g/mol. The van der Waals surface area contributed by atoms with Gasteiger partial charge in [-0.05, 0) is 43.9 Å². The molecule has 6 heteroatoms. The molecule has 2 aliphatic rings. The van der Waals surface area contributed by atoms with E-state index in [2.05, 4.69) is 6.92 Å². The zero-order valence-electron chi connectivity index (χ0n) is 16.2. The summed E-state index contributed by atoms with van der Waals surface area (Å²) in [6.07, 6.45) is 3.58. The summed E-state index contributed by atoms with van der Waals surface area (Å²) in [5.74, 6) is 1.30. The Morgan fingerprint density at radius 1 is 1.19 bits per heavy atom. The minimum absolute atomic E-state index is 0.0198. The fraction of sp³-hybridized carbons (Fsp3) is 0.619. The Kier molecular flexibility index (Phi) is 6.58. The van der Waals surface area contributed by atoms with Crippen LogP contribution in [-0.2, 0) is 9.53 Å². The van der Waals surface area contributed by atoms with Gasteiger partial charge in [-0.1, -0.05) is 13.3 Å². The summed E-state index contributed by atoms with van der Waals surface area (Å²) in [5, 5.41) is 0. The van der Waals surface area contributed by atoms with Gasteiger partial charge in [0.1, 0.15) is 0 Å². The number of fused-ring (bicyclic) bond motifs is 1. The smallest absolute Gasteiger partial charge is 0.309 e. The predicted octanol–water partition coefficient (Wildman–Crippen LogP) is 3.29. The van der Waals surface area contributed by atoms with Crippen molar-refractivity contribution in [1.29, 1.82) is 0 Å². The molecule has 3 rings (SSSR count). The van der Waals surface area contributed by atoms with E-state index in [0.717, 1.165) is 25.7 Å². The van der Waals surface area contributed by atoms with Crippen molar-refractivity contribution in [1.82, 2.24) is 4.90 Å². The van der Waals surface area contributed by atoms with Crippen LogP contribution in [0.15, 0.2) is 18.2 Å². The van der Waals surface area contributed by atoms with Gasteiger partial charge in [-0.15, -0.1) is 0 Å². The monoisotopic (exact) mass is 375 g/mol. The van der Waals surface area contributed by atoms with Gasteiger partial charge >= 0.3 is 5.97 Å². The number of rotatable bonds is 8. The van der Waals surface area contributed by atoms with Crippen LogP contribution in [0.2, 0.25) is 0 Å². The summed E-state index contributed by atoms with van der Waals surface area (Å²) >= 11 is 0. The van der Waals surface area contributed by atoms with Crippen LogP contribution in [0.3, 0.4) is 0 Å². The molecule has 0 N–H and O–H groups in total. The zero-order chi connectivity index (χ0) is 19.2. The Bertz CT molecular complexity index is 675. The third-order valence-corrected chi connectivity index (χ3v) is 5.03. The van der Waals surface area contributed by atoms with E-state index in [-0.39, 0.29) is 23.7 Å². The molecule has 1 aromatic carbocycles. The van der Waals surface area contributed by atoms with Crippen LogP contribution >= 0.6 is 0 Å². The number of ether oxygens (including phenoxy) is 3. The second-order valence-corrected chi connectivity index (χ2v) is 7.17. The molecule has 6 nitrogen and oxygen atoms in total. The molecule has 0 aromatic heterocycles. The standard InChI is InChI=1S/C21H29NO5/c1-3-5-9-22(14-16-12-17(16)21(24)25-4-2)20(23)15-7-8-18-19(13-15)27-11-6-10-26-18/h7-8,13,16-17H,3-6,9-12,14H2,1-2H3. The molecule has 0 saturated heterocycles. The highest BCUT2D eigenvalue weighted by Gasteiger charge is 2.45. The molecule has 0 radical (unpaired) electrons. The van der Waals surface area contributed by atoms with Gasteiger partial charge in [-0.25, -0.2) is 0 Å². The molecule has 2 unspecified atom stereocenters. The number of benzene rings is 1. The molecule has 148 valence electrons. The number of carbonyl (C=O) groups is 2. The van der Waals surface area contributed by atoms with Crippen LogP contribution in [-0.4, -0.2) is 49.7 Å². The molecule has 1 fully saturated rings. The van der Waals surface area contributed by atoms with Gasteiger partial charge in [0, 0.05) is 25.1 Å². The second-order valence-electron chi connectivity index (χ2n) is 7.17. The van der Waals surface area contributed by atoms with Crippen LogP contribution in [0, 0.1) is 11.8 Å². The molecular weight excluding hydrogens is 346 g/mol. The molecule has 1 aromatic rings. The molecule has 0 bridgehead atoms. The van der Waals surface area contributed by atoms with E-state index in [9.17, 15) is 9.59 Å². The normalized spacial score (nSPS) is 20.5. The number of carbonyl (C=O) groups excluding carboxylic acids is 2. The average Bonchev–Trinajstić information content (AvgIpc) is 3.47. The Morgan fingerprint density at radius 3 is 2.70 bits per heavy atom. The molecule has 2 atom stereocenters. The summed E-state index contributed by atoms with van der Waals surface area (Å²) in [5.41, 5.74) is 0.601. The predicted molar refractivity (Wildman–Crippen MR) is 101 cm³/mol. The summed E-state index contributed by atoms with van der Waals surface area (Å²) in [6, 6.07) is 5.38. The number of amides is 1. The summed E-state index contributed by atoms with van der Waals surface area (Å²) in [6.45, 7) is 6.82. The highest BCUT2D eigenvalue weighted by Crippen LogP contribution is 2.40. The number of esters is 1. The molecule has 1 heterocycles. The van der Waals surface area contributed by atoms with Crippen molar-refractivity contribution in [3.8, 4) is 11.5 Å². The van der Waals surface area contributed by atoms with Crippen molar-refractivity contribution < 1.29 is 23.8 Å². The minimum Gasteiger partial charge on any atom is -0.490 e. The third-order valence-electron chi connectivity index (χ3n) is 5.03. The molecular formula is C21H29NO5. The lowest BCUT2D eigenvalue weighted by Crippen LogP contribution is -2.34. The Balaban J connectivity index is 1.68. The first-order chi connectivity index (χ1) is 13.1. The molecule has 1 aliphatic carbocycles. The largest absolute Gasteiger partial charge is 0.490 e. The minimum atomic E-state index is -0.138. The maximum absolute atomic E-state index is 13.1. The van der Waals surface area contributed by atoms with Crippen LogP contribution in [0.5, 0.6) is 11.5 Å². The Morgan fingerprint density at radius 2 is 1.96 bits per heavy atom. The quantitative estimate of drug-likeness (QED) is 0.653. The van der Waals surface area contributed by atoms with E-state index < -0.39 is 0 Å². The van der Waals surface area contributed by atoms with Gasteiger partial charge in [0.2, 0.25) is 0 Å². The number of hydrogen-bond donors (Lipinski definition) is 0. The van der Waals surface area contributed by atoms with Crippen molar-refractivity contribution in [2.45, 2.75) is 39.5 Å². The van der Waals surface area contributed by atoms with E-state index in [4.69, 9.17) is 14.2 Å². The van der Waals surface area contributed by atoms with E-state index in [1.165, 1.54) is 0 Å². The van der Waals surface area contributed by atoms with Gasteiger partial charge < -0.3 is 19.1 Å². The maximum Gasteiger partial charge on any atom is 0.309 e. The Labute approximate surface area is 160 Å². The fourth-order valence-electron chi connectivity index (χ4n) is 3.37. The first-order valence-corrected chi connectivity index (χ1v) is 9.99. The molecule has 0 spiro atoms. The van der Waals surface area contributed by atoms with Crippen molar-refractivity contribution >= 4 is 11.9 Å². The Hall–Kier alpha value is -2.24. The summed E-state index contributed by atoms with van der Waals surface area (Å²) in [4.78, 5) is 26.9. The van der Waals surface area contributed by atoms with Crippen LogP contribution < -0.4 is 9.47 Å². The van der Waals surface area contributed by atoms with Gasteiger partial charge in [0.05, 0.1) is 25.7 Å². The number of unbranched alkanes of at least 4 members (excludes halogenated alkanes) is 1. The van der Waals surface area contributed by atoms with Crippen molar-refractivity contribution in [2.75, 3.05) is 32.9 Å². The van der Waals surface area contributed by atoms with E-state index in [1.807, 2.05) is 17.9 Å². The maximum atomic E-state index is 13.1. The molecule has 1 amide bonds. The third kappa shape index (κ3) is 4.93. The lowest BCUT2D eigenvalue weighted by Gasteiger charge is -2.23. The fourth-order valence-corrected chi connectivity index (χ4v) is 3.37. The van der Waals surface area contributed by atoms with Crippen LogP contribution in [0.25, 0.3) is 0 Å². The summed E-state index contributed by atoms with van der Waals surface area (Å²) < 4.78 is 16.5. The second kappa shape index (κ2) is 9.11. The van der Waals surface area contributed by atoms with Gasteiger partial charge in [0.15, 0.2) is 11.5 Å². The van der Waals surface area contributed by atoms with Crippen LogP contribution in [0.4, 0.5) is 0 Å². The van der Waals surface area contributed by atoms with Gasteiger partial charge in [-0.3, -0.25) is 9.59 Å². The first-order valence-electron chi connectivity index (χ1n) is 9.99. The molecule has 27 heavy (non-hydrogen) atoms. The van der Waals surface area contributed by atoms with Crippen molar-refractivity contribution in [2.24, 2.45) is 11.8 Å². The van der Waals surface area contributed by atoms with E-state index in [1.54, 1.807) is 12.1 Å². The lowest BCUT2D eigenvalue weighted by molar-refractivity contribution is -0.145. The number of hydrogen-bond acceptors (Lipinski definition) is 5. The van der Waals surface area contributed by atoms with E-state index >= 15 is 0 Å². The zero-order valence-corrected chi connectivity index (χ0v) is 16.2. The van der Waals surface area contributed by atoms with Gasteiger partial charge in [0.25, 0.3) is 5.91 Å².